The summed E-state index contributed by atoms with van der Waals surface area (Å²) in [5, 5.41) is 16.5. The van der Waals surface area contributed by atoms with E-state index in [1.807, 2.05) is 24.8 Å². The number of halogens is 1. The second-order valence-corrected chi connectivity index (χ2v) is 8.81. The summed E-state index contributed by atoms with van der Waals surface area (Å²) in [4.78, 5) is 19.1. The van der Waals surface area contributed by atoms with E-state index in [1.165, 1.54) is 11.3 Å². The Hall–Kier alpha value is -3.60. The summed E-state index contributed by atoms with van der Waals surface area (Å²) >= 11 is 1.33. The number of hydrogen-bond donors (Lipinski definition) is 2. The number of carbonyl (C=O) groups excluding carboxylic acids is 1. The standard InChI is InChI=1S/C21H21FN8OS/c1-11(2)29-4-3-13-7-17(28-30(13)9-18(29)31)25-16-6-12-5-14(15-8-24-10-32-15)19(22)20(23)21(12)27-26-16/h5-8,10-11H,3-4,9,23H2,1-2H3,(H,25,26,28). The zero-order chi connectivity index (χ0) is 22.4. The summed E-state index contributed by atoms with van der Waals surface area (Å²) in [6, 6.07) is 5.50. The molecule has 0 bridgehead atoms. The number of anilines is 3. The number of hydrogen-bond acceptors (Lipinski definition) is 8. The normalized spacial score (nSPS) is 14.1. The summed E-state index contributed by atoms with van der Waals surface area (Å²) in [5.74, 6) is 0.529. The fourth-order valence-corrected chi connectivity index (χ4v) is 4.53. The molecule has 32 heavy (non-hydrogen) atoms. The Morgan fingerprint density at radius 1 is 1.22 bits per heavy atom. The molecule has 164 valence electrons. The lowest BCUT2D eigenvalue weighted by atomic mass is 10.1. The van der Waals surface area contributed by atoms with Crippen molar-refractivity contribution in [3.05, 3.63) is 41.4 Å². The first-order valence-electron chi connectivity index (χ1n) is 10.2. The van der Waals surface area contributed by atoms with Crippen LogP contribution in [0.2, 0.25) is 0 Å². The van der Waals surface area contributed by atoms with Crippen LogP contribution in [0.3, 0.4) is 0 Å². The number of aromatic nitrogens is 5. The van der Waals surface area contributed by atoms with E-state index in [4.69, 9.17) is 5.73 Å². The Kier molecular flexibility index (Phi) is 4.97. The molecule has 0 atom stereocenters. The van der Waals surface area contributed by atoms with E-state index < -0.39 is 5.82 Å². The first kappa shape index (κ1) is 20.3. The predicted octanol–water partition coefficient (Wildman–Crippen LogP) is 3.21. The van der Waals surface area contributed by atoms with Crippen LogP contribution in [0, 0.1) is 5.82 Å². The highest BCUT2D eigenvalue weighted by Gasteiger charge is 2.24. The van der Waals surface area contributed by atoms with Crippen molar-refractivity contribution in [3.63, 3.8) is 0 Å². The summed E-state index contributed by atoms with van der Waals surface area (Å²) < 4.78 is 16.5. The minimum atomic E-state index is -0.533. The summed E-state index contributed by atoms with van der Waals surface area (Å²) in [6.45, 7) is 4.88. The van der Waals surface area contributed by atoms with Gasteiger partial charge in [0.25, 0.3) is 0 Å². The van der Waals surface area contributed by atoms with Crippen molar-refractivity contribution in [1.29, 1.82) is 0 Å². The van der Waals surface area contributed by atoms with Gasteiger partial charge in [-0.3, -0.25) is 14.5 Å². The Morgan fingerprint density at radius 2 is 2.06 bits per heavy atom. The third kappa shape index (κ3) is 3.54. The average Bonchev–Trinajstić information content (AvgIpc) is 3.38. The number of nitrogens with two attached hydrogens (primary N) is 1. The van der Waals surface area contributed by atoms with Crippen LogP contribution >= 0.6 is 11.3 Å². The predicted molar refractivity (Wildman–Crippen MR) is 121 cm³/mol. The van der Waals surface area contributed by atoms with Gasteiger partial charge in [0.1, 0.15) is 12.1 Å². The van der Waals surface area contributed by atoms with Crippen LogP contribution in [-0.2, 0) is 17.8 Å². The second-order valence-electron chi connectivity index (χ2n) is 7.92. The largest absolute Gasteiger partial charge is 0.395 e. The van der Waals surface area contributed by atoms with Gasteiger partial charge in [0.15, 0.2) is 17.5 Å². The molecule has 0 radical (unpaired) electrons. The highest BCUT2D eigenvalue weighted by atomic mass is 32.1. The zero-order valence-corrected chi connectivity index (χ0v) is 18.4. The molecule has 11 heteroatoms. The van der Waals surface area contributed by atoms with Gasteiger partial charge in [0.05, 0.1) is 16.1 Å². The van der Waals surface area contributed by atoms with Gasteiger partial charge in [-0.1, -0.05) is 0 Å². The van der Waals surface area contributed by atoms with Crippen LogP contribution in [0.1, 0.15) is 19.5 Å². The molecule has 0 saturated heterocycles. The fraction of sp³-hybridized carbons (Fsp3) is 0.286. The van der Waals surface area contributed by atoms with Gasteiger partial charge >= 0.3 is 0 Å². The topological polar surface area (TPSA) is 115 Å². The molecule has 1 amide bonds. The van der Waals surface area contributed by atoms with Crippen LogP contribution in [0.4, 0.5) is 21.7 Å². The van der Waals surface area contributed by atoms with Gasteiger partial charge in [0, 0.05) is 47.9 Å². The van der Waals surface area contributed by atoms with Crippen LogP contribution < -0.4 is 11.1 Å². The van der Waals surface area contributed by atoms with E-state index in [2.05, 4.69) is 25.6 Å². The van der Waals surface area contributed by atoms with E-state index in [-0.39, 0.29) is 24.2 Å². The molecular formula is C21H21FN8OS. The van der Waals surface area contributed by atoms with E-state index in [0.717, 1.165) is 12.1 Å². The van der Waals surface area contributed by atoms with Crippen molar-refractivity contribution in [2.24, 2.45) is 0 Å². The first-order valence-corrected chi connectivity index (χ1v) is 11.1. The number of thiazole rings is 1. The number of benzene rings is 1. The molecular weight excluding hydrogens is 431 g/mol. The second kappa shape index (κ2) is 7.83. The van der Waals surface area contributed by atoms with Gasteiger partial charge in [-0.25, -0.2) is 4.39 Å². The molecule has 1 aliphatic heterocycles. The summed E-state index contributed by atoms with van der Waals surface area (Å²) in [7, 11) is 0. The summed E-state index contributed by atoms with van der Waals surface area (Å²) in [6.07, 6.45) is 2.32. The maximum absolute atomic E-state index is 14.7. The van der Waals surface area contributed by atoms with Crippen molar-refractivity contribution >= 4 is 45.5 Å². The van der Waals surface area contributed by atoms with Crippen molar-refractivity contribution in [1.82, 2.24) is 29.9 Å². The van der Waals surface area contributed by atoms with Crippen LogP contribution in [0.5, 0.6) is 0 Å². The SMILES string of the molecule is CC(C)N1CCc2cc(Nc3cc4cc(-c5cncs5)c(F)c(N)c4nn3)nn2CC1=O. The number of rotatable bonds is 4. The molecule has 0 unspecified atom stereocenters. The minimum Gasteiger partial charge on any atom is -0.395 e. The van der Waals surface area contributed by atoms with E-state index in [1.54, 1.807) is 28.5 Å². The Morgan fingerprint density at radius 3 is 2.81 bits per heavy atom. The highest BCUT2D eigenvalue weighted by molar-refractivity contribution is 7.13. The van der Waals surface area contributed by atoms with Crippen LogP contribution in [0.15, 0.2) is 29.9 Å². The van der Waals surface area contributed by atoms with Crippen LogP contribution in [-0.4, -0.2) is 48.4 Å². The number of amides is 1. The van der Waals surface area contributed by atoms with Crippen molar-refractivity contribution in [2.75, 3.05) is 17.6 Å². The van der Waals surface area contributed by atoms with Crippen molar-refractivity contribution in [2.45, 2.75) is 32.9 Å². The molecule has 0 saturated carbocycles. The molecule has 1 aromatic carbocycles. The molecule has 9 nitrogen and oxygen atoms in total. The fourth-order valence-electron chi connectivity index (χ4n) is 3.89. The molecule has 0 spiro atoms. The number of nitrogens with zero attached hydrogens (tertiary/aromatic N) is 6. The van der Waals surface area contributed by atoms with Crippen molar-refractivity contribution < 1.29 is 9.18 Å². The molecule has 4 aromatic rings. The number of nitrogen functional groups attached to an aromatic ring is 1. The number of carbonyl (C=O) groups is 1. The maximum atomic E-state index is 14.7. The molecule has 0 aliphatic carbocycles. The minimum absolute atomic E-state index is 0.0481. The lowest BCUT2D eigenvalue weighted by molar-refractivity contribution is -0.133. The maximum Gasteiger partial charge on any atom is 0.244 e. The van der Waals surface area contributed by atoms with Gasteiger partial charge < -0.3 is 16.0 Å². The smallest absolute Gasteiger partial charge is 0.244 e. The number of nitrogens with one attached hydrogen (secondary N) is 1. The average molecular weight is 453 g/mol. The first-order chi connectivity index (χ1) is 15.4. The molecule has 1 aliphatic rings. The zero-order valence-electron chi connectivity index (χ0n) is 17.5. The van der Waals surface area contributed by atoms with Gasteiger partial charge in [-0.05, 0) is 26.0 Å². The van der Waals surface area contributed by atoms with E-state index in [9.17, 15) is 9.18 Å². The van der Waals surface area contributed by atoms with Gasteiger partial charge in [-0.15, -0.1) is 21.5 Å². The Balaban J connectivity index is 1.44. The molecule has 3 N–H and O–H groups in total. The monoisotopic (exact) mass is 452 g/mol. The Labute approximate surface area is 187 Å². The lowest BCUT2D eigenvalue weighted by Gasteiger charge is -2.24. The van der Waals surface area contributed by atoms with Crippen LogP contribution in [0.25, 0.3) is 21.3 Å². The van der Waals surface area contributed by atoms with E-state index in [0.29, 0.717) is 39.5 Å². The Bertz CT molecular complexity index is 1320. The quantitative estimate of drug-likeness (QED) is 0.457. The van der Waals surface area contributed by atoms with Gasteiger partial charge in [-0.2, -0.15) is 5.10 Å². The van der Waals surface area contributed by atoms with Gasteiger partial charge in [0.2, 0.25) is 5.91 Å². The third-order valence-corrected chi connectivity index (χ3v) is 6.31. The lowest BCUT2D eigenvalue weighted by Crippen LogP contribution is -2.38. The van der Waals surface area contributed by atoms with Crippen molar-refractivity contribution in [3.8, 4) is 10.4 Å². The highest BCUT2D eigenvalue weighted by Crippen LogP contribution is 2.34. The molecule has 3 aromatic heterocycles. The molecule has 0 fully saturated rings. The summed E-state index contributed by atoms with van der Waals surface area (Å²) in [5.41, 5.74) is 9.21. The number of fused-ring (bicyclic) bond motifs is 2. The molecule has 4 heterocycles. The third-order valence-electron chi connectivity index (χ3n) is 5.51. The van der Waals surface area contributed by atoms with E-state index >= 15 is 0 Å². The molecule has 5 rings (SSSR count).